The van der Waals surface area contributed by atoms with Crippen molar-refractivity contribution in [1.29, 1.82) is 0 Å². The Morgan fingerprint density at radius 2 is 1.67 bits per heavy atom. The number of nitrogens with one attached hydrogen (secondary N) is 3. The summed E-state index contributed by atoms with van der Waals surface area (Å²) in [5.41, 5.74) is 4.00. The summed E-state index contributed by atoms with van der Waals surface area (Å²) in [6, 6.07) is 26.1. The SMILES string of the molecule is Cl.O=C(Nc1ccccc1)Nc1cc(Oc2ccc3c(c2)C[C@@H](NC[C@@H](O)c2cccc(Cl)c2)CC3)cc(C(=O)O)c1. The molecule has 0 saturated carbocycles. The predicted octanol–water partition coefficient (Wildman–Crippen LogP) is 7.08. The highest BCUT2D eigenvalue weighted by atomic mass is 35.5. The number of carbonyl (C=O) groups excluding carboxylic acids is 1. The predicted molar refractivity (Wildman–Crippen MR) is 166 cm³/mol. The van der Waals surface area contributed by atoms with Gasteiger partial charge in [0, 0.05) is 35.1 Å². The summed E-state index contributed by atoms with van der Waals surface area (Å²) in [5.74, 6) is -0.290. The molecule has 4 aromatic carbocycles. The van der Waals surface area contributed by atoms with E-state index in [2.05, 4.69) is 16.0 Å². The Morgan fingerprint density at radius 1 is 0.881 bits per heavy atom. The van der Waals surface area contributed by atoms with Crippen LogP contribution in [0.2, 0.25) is 5.02 Å². The van der Waals surface area contributed by atoms with Crippen molar-refractivity contribution < 1.29 is 24.5 Å². The third kappa shape index (κ3) is 8.24. The molecule has 2 amide bonds. The molecule has 5 N–H and O–H groups in total. The van der Waals surface area contributed by atoms with Gasteiger partial charge in [-0.25, -0.2) is 9.59 Å². The quantitative estimate of drug-likeness (QED) is 0.139. The number of para-hydroxylation sites is 1. The van der Waals surface area contributed by atoms with Crippen LogP contribution >= 0.6 is 24.0 Å². The van der Waals surface area contributed by atoms with Gasteiger partial charge in [0.05, 0.1) is 11.7 Å². The molecular weight excluding hydrogens is 577 g/mol. The first-order valence-electron chi connectivity index (χ1n) is 13.3. The number of fused-ring (bicyclic) bond motifs is 1. The number of carbonyl (C=O) groups is 2. The number of carboxylic acids is 1. The zero-order valence-corrected chi connectivity index (χ0v) is 24.1. The minimum absolute atomic E-state index is 0. The largest absolute Gasteiger partial charge is 0.478 e. The fourth-order valence-electron chi connectivity index (χ4n) is 4.89. The van der Waals surface area contributed by atoms with Crippen LogP contribution in [0.5, 0.6) is 11.5 Å². The van der Waals surface area contributed by atoms with E-state index in [1.807, 2.05) is 36.4 Å². The van der Waals surface area contributed by atoms with Crippen LogP contribution in [0.4, 0.5) is 16.2 Å². The highest BCUT2D eigenvalue weighted by molar-refractivity contribution is 6.30. The number of hydrogen-bond donors (Lipinski definition) is 5. The van der Waals surface area contributed by atoms with Crippen molar-refractivity contribution in [2.75, 3.05) is 17.2 Å². The van der Waals surface area contributed by atoms with Crippen LogP contribution in [0.3, 0.4) is 0 Å². The van der Waals surface area contributed by atoms with Crippen LogP contribution in [0.15, 0.2) is 91.0 Å². The van der Waals surface area contributed by atoms with Crippen molar-refractivity contribution >= 4 is 47.4 Å². The number of aliphatic hydroxyl groups is 1. The minimum Gasteiger partial charge on any atom is -0.478 e. The lowest BCUT2D eigenvalue weighted by Crippen LogP contribution is -2.37. The number of aromatic carboxylic acids is 1. The molecule has 218 valence electrons. The first kappa shape index (κ1) is 30.9. The van der Waals surface area contributed by atoms with Crippen molar-refractivity contribution in [3.63, 3.8) is 0 Å². The number of anilines is 2. The van der Waals surface area contributed by atoms with Crippen LogP contribution in [-0.4, -0.2) is 34.8 Å². The van der Waals surface area contributed by atoms with Crippen molar-refractivity contribution in [2.24, 2.45) is 0 Å². The molecule has 0 unspecified atom stereocenters. The number of halogens is 2. The van der Waals surface area contributed by atoms with Gasteiger partial charge in [0.1, 0.15) is 11.5 Å². The molecule has 5 rings (SSSR count). The van der Waals surface area contributed by atoms with E-state index in [0.717, 1.165) is 30.4 Å². The maximum atomic E-state index is 12.5. The monoisotopic (exact) mass is 607 g/mol. The normalized spacial score (nSPS) is 14.6. The van der Waals surface area contributed by atoms with Gasteiger partial charge >= 0.3 is 12.0 Å². The van der Waals surface area contributed by atoms with Crippen molar-refractivity contribution in [1.82, 2.24) is 5.32 Å². The molecule has 4 aromatic rings. The first-order valence-corrected chi connectivity index (χ1v) is 13.7. The molecule has 8 nitrogen and oxygen atoms in total. The lowest BCUT2D eigenvalue weighted by Gasteiger charge is -2.27. The molecule has 1 aliphatic rings. The molecule has 0 heterocycles. The van der Waals surface area contributed by atoms with E-state index in [0.29, 0.717) is 23.0 Å². The second-order valence-electron chi connectivity index (χ2n) is 9.95. The molecule has 0 fully saturated rings. The number of ether oxygens (including phenoxy) is 1. The number of carboxylic acid groups (broad SMARTS) is 1. The van der Waals surface area contributed by atoms with Crippen LogP contribution in [0.25, 0.3) is 0 Å². The first-order chi connectivity index (χ1) is 19.8. The molecule has 0 saturated heterocycles. The Morgan fingerprint density at radius 3 is 2.43 bits per heavy atom. The zero-order chi connectivity index (χ0) is 28.8. The number of aryl methyl sites for hydroxylation is 1. The van der Waals surface area contributed by atoms with Crippen LogP contribution in [-0.2, 0) is 12.8 Å². The molecule has 0 radical (unpaired) electrons. The van der Waals surface area contributed by atoms with Crippen LogP contribution < -0.4 is 20.7 Å². The van der Waals surface area contributed by atoms with Crippen LogP contribution in [0.1, 0.15) is 39.6 Å². The van der Waals surface area contributed by atoms with Gasteiger partial charge in [0.2, 0.25) is 0 Å². The Labute approximate surface area is 255 Å². The van der Waals surface area contributed by atoms with E-state index in [1.165, 1.54) is 17.7 Å². The van der Waals surface area contributed by atoms with Gasteiger partial charge in [-0.2, -0.15) is 0 Å². The molecular formula is C32H31Cl2N3O5. The molecule has 0 aromatic heterocycles. The molecule has 2 atom stereocenters. The summed E-state index contributed by atoms with van der Waals surface area (Å²) in [4.78, 5) is 24.2. The van der Waals surface area contributed by atoms with E-state index in [-0.39, 0.29) is 35.4 Å². The average molecular weight is 609 g/mol. The number of hydrogen-bond acceptors (Lipinski definition) is 5. The fraction of sp³-hybridized carbons (Fsp3) is 0.188. The summed E-state index contributed by atoms with van der Waals surface area (Å²) in [6.45, 7) is 0.409. The molecule has 0 spiro atoms. The summed E-state index contributed by atoms with van der Waals surface area (Å²) in [6.07, 6.45) is 1.93. The van der Waals surface area contributed by atoms with Crippen molar-refractivity contribution in [3.8, 4) is 11.5 Å². The maximum absolute atomic E-state index is 12.5. The number of urea groups is 1. The van der Waals surface area contributed by atoms with Gasteiger partial charge in [-0.3, -0.25) is 0 Å². The zero-order valence-electron chi connectivity index (χ0n) is 22.5. The fourth-order valence-corrected chi connectivity index (χ4v) is 5.08. The summed E-state index contributed by atoms with van der Waals surface area (Å²) >= 11 is 6.06. The second-order valence-corrected chi connectivity index (χ2v) is 10.4. The van der Waals surface area contributed by atoms with Gasteiger partial charge in [-0.1, -0.05) is 48.0 Å². The lowest BCUT2D eigenvalue weighted by atomic mass is 9.88. The Hall–Kier alpha value is -4.08. The third-order valence-corrected chi connectivity index (χ3v) is 7.15. The summed E-state index contributed by atoms with van der Waals surface area (Å²) in [7, 11) is 0. The van der Waals surface area contributed by atoms with E-state index >= 15 is 0 Å². The smallest absolute Gasteiger partial charge is 0.335 e. The number of aliphatic hydroxyl groups excluding tert-OH is 1. The van der Waals surface area contributed by atoms with E-state index < -0.39 is 18.1 Å². The van der Waals surface area contributed by atoms with E-state index in [9.17, 15) is 19.8 Å². The molecule has 0 bridgehead atoms. The second kappa shape index (κ2) is 14.2. The van der Waals surface area contributed by atoms with Gasteiger partial charge < -0.3 is 30.9 Å². The Balaban J connectivity index is 0.00000405. The standard InChI is InChI=1S/C32H30ClN3O5.ClH/c33-24-6-4-5-21(13-24)30(37)19-34-26-11-9-20-10-12-28(16-22(20)14-26)41-29-17-23(31(38)39)15-27(18-29)36-32(40)35-25-7-2-1-3-8-25;/h1-8,10,12-13,15-18,26,30,34,37H,9,11,14,19H2,(H,38,39)(H2,35,36,40);1H/t26-,30+;/m0./s1. The van der Waals surface area contributed by atoms with Crippen molar-refractivity contribution in [3.05, 3.63) is 118 Å². The third-order valence-electron chi connectivity index (χ3n) is 6.92. The number of rotatable bonds is 9. The molecule has 1 aliphatic carbocycles. The minimum atomic E-state index is -1.14. The Kier molecular flexibility index (Phi) is 10.4. The van der Waals surface area contributed by atoms with Crippen LogP contribution in [0, 0.1) is 0 Å². The summed E-state index contributed by atoms with van der Waals surface area (Å²) < 4.78 is 6.07. The molecule has 0 aliphatic heterocycles. The number of amides is 2. The maximum Gasteiger partial charge on any atom is 0.335 e. The summed E-state index contributed by atoms with van der Waals surface area (Å²) in [5, 5.41) is 29.6. The van der Waals surface area contributed by atoms with E-state index in [4.69, 9.17) is 16.3 Å². The molecule has 42 heavy (non-hydrogen) atoms. The lowest BCUT2D eigenvalue weighted by molar-refractivity contribution is 0.0696. The molecule has 10 heteroatoms. The average Bonchev–Trinajstić information content (AvgIpc) is 2.96. The highest BCUT2D eigenvalue weighted by Gasteiger charge is 2.21. The van der Waals surface area contributed by atoms with Crippen molar-refractivity contribution in [2.45, 2.75) is 31.4 Å². The number of benzene rings is 4. The topological polar surface area (TPSA) is 120 Å². The van der Waals surface area contributed by atoms with E-state index in [1.54, 1.807) is 42.5 Å². The van der Waals surface area contributed by atoms with Gasteiger partial charge in [0.15, 0.2) is 0 Å². The highest BCUT2D eigenvalue weighted by Crippen LogP contribution is 2.31. The van der Waals surface area contributed by atoms with Gasteiger partial charge in [-0.05, 0) is 84.5 Å². The Bertz CT molecular complexity index is 1550. The van der Waals surface area contributed by atoms with Gasteiger partial charge in [-0.15, -0.1) is 12.4 Å². The van der Waals surface area contributed by atoms with Gasteiger partial charge in [0.25, 0.3) is 0 Å².